The van der Waals surface area contributed by atoms with Crippen LogP contribution in [0.2, 0.25) is 0 Å². The van der Waals surface area contributed by atoms with Gasteiger partial charge in [-0.05, 0) is 40.0 Å². The highest BCUT2D eigenvalue weighted by Gasteiger charge is 2.55. The lowest BCUT2D eigenvalue weighted by atomic mass is 9.87. The second kappa shape index (κ2) is 5.07. The fourth-order valence-corrected chi connectivity index (χ4v) is 2.08. The molecule has 1 aliphatic heterocycles. The van der Waals surface area contributed by atoms with Gasteiger partial charge in [0.2, 0.25) is 5.54 Å². The summed E-state index contributed by atoms with van der Waals surface area (Å²) < 4.78 is 5.09. The number of rotatable bonds is 2. The molecule has 0 unspecified atom stereocenters. The molecule has 0 bridgehead atoms. The molecule has 1 heterocycles. The van der Waals surface area contributed by atoms with Crippen LogP contribution in [0.15, 0.2) is 0 Å². The number of carbonyl (C=O) groups excluding carboxylic acids is 1. The van der Waals surface area contributed by atoms with Crippen molar-refractivity contribution in [3.05, 3.63) is 0 Å². The predicted molar refractivity (Wildman–Crippen MR) is 64.8 cm³/mol. The monoisotopic (exact) mass is 273 g/mol. The highest BCUT2D eigenvalue weighted by molar-refractivity contribution is 6.05. The maximum absolute atomic E-state index is 12.0. The van der Waals surface area contributed by atoms with Gasteiger partial charge in [0.25, 0.3) is 0 Å². The van der Waals surface area contributed by atoms with Crippen molar-refractivity contribution < 1.29 is 29.3 Å². The fraction of sp³-hybridized carbons (Fsp3) is 0.750. The van der Waals surface area contributed by atoms with Crippen LogP contribution in [0.25, 0.3) is 0 Å². The molecule has 1 aliphatic rings. The van der Waals surface area contributed by atoms with E-state index in [0.29, 0.717) is 12.8 Å². The zero-order valence-corrected chi connectivity index (χ0v) is 11.3. The Morgan fingerprint density at radius 1 is 1.11 bits per heavy atom. The molecule has 0 aromatic rings. The van der Waals surface area contributed by atoms with Gasteiger partial charge in [-0.25, -0.2) is 14.4 Å². The SMILES string of the molecule is CC(C)(C)OC(=O)N1CCCCC1(C(=O)O)C(=O)O. The Labute approximate surface area is 111 Å². The third kappa shape index (κ3) is 2.97. The van der Waals surface area contributed by atoms with Gasteiger partial charge >= 0.3 is 18.0 Å². The highest BCUT2D eigenvalue weighted by Crippen LogP contribution is 2.30. The van der Waals surface area contributed by atoms with E-state index in [1.807, 2.05) is 0 Å². The van der Waals surface area contributed by atoms with Crippen molar-refractivity contribution >= 4 is 18.0 Å². The number of carbonyl (C=O) groups is 3. The first-order valence-corrected chi connectivity index (χ1v) is 6.08. The lowest BCUT2D eigenvalue weighted by molar-refractivity contribution is -0.170. The molecule has 1 saturated heterocycles. The molecule has 0 aliphatic carbocycles. The van der Waals surface area contributed by atoms with Gasteiger partial charge in [-0.15, -0.1) is 0 Å². The molecule has 19 heavy (non-hydrogen) atoms. The molecular formula is C12H19NO6. The largest absolute Gasteiger partial charge is 0.479 e. The summed E-state index contributed by atoms with van der Waals surface area (Å²) in [5, 5.41) is 18.5. The van der Waals surface area contributed by atoms with Crippen LogP contribution in [0.1, 0.15) is 40.0 Å². The number of piperidine rings is 1. The van der Waals surface area contributed by atoms with E-state index in [1.165, 1.54) is 0 Å². The summed E-state index contributed by atoms with van der Waals surface area (Å²) >= 11 is 0. The normalized spacial score (nSPS) is 18.8. The molecule has 2 N–H and O–H groups in total. The van der Waals surface area contributed by atoms with E-state index in [1.54, 1.807) is 20.8 Å². The topological polar surface area (TPSA) is 104 Å². The summed E-state index contributed by atoms with van der Waals surface area (Å²) in [6.07, 6.45) is -0.0203. The van der Waals surface area contributed by atoms with Gasteiger partial charge in [0.1, 0.15) is 5.60 Å². The van der Waals surface area contributed by atoms with Crippen LogP contribution in [0.5, 0.6) is 0 Å². The summed E-state index contributed by atoms with van der Waals surface area (Å²) in [5.74, 6) is -3.07. The van der Waals surface area contributed by atoms with Gasteiger partial charge in [0, 0.05) is 6.54 Å². The maximum Gasteiger partial charge on any atom is 0.411 e. The smallest absolute Gasteiger partial charge is 0.411 e. The van der Waals surface area contributed by atoms with Crippen molar-refractivity contribution in [2.75, 3.05) is 6.54 Å². The van der Waals surface area contributed by atoms with Crippen LogP contribution < -0.4 is 0 Å². The van der Waals surface area contributed by atoms with Gasteiger partial charge in [-0.2, -0.15) is 0 Å². The van der Waals surface area contributed by atoms with Gasteiger partial charge in [0.05, 0.1) is 0 Å². The Bertz CT molecular complexity index is 384. The summed E-state index contributed by atoms with van der Waals surface area (Å²) in [6.45, 7) is 4.97. The molecule has 0 aromatic heterocycles. The molecule has 0 spiro atoms. The van der Waals surface area contributed by atoms with Crippen molar-refractivity contribution in [2.45, 2.75) is 51.2 Å². The average Bonchev–Trinajstić information content (AvgIpc) is 2.25. The van der Waals surface area contributed by atoms with E-state index >= 15 is 0 Å². The number of nitrogens with zero attached hydrogens (tertiary/aromatic N) is 1. The van der Waals surface area contributed by atoms with E-state index in [-0.39, 0.29) is 13.0 Å². The summed E-state index contributed by atoms with van der Waals surface area (Å²) in [7, 11) is 0. The van der Waals surface area contributed by atoms with Crippen LogP contribution in [0.4, 0.5) is 4.79 Å². The first-order chi connectivity index (χ1) is 8.61. The van der Waals surface area contributed by atoms with E-state index in [4.69, 9.17) is 4.74 Å². The van der Waals surface area contributed by atoms with Gasteiger partial charge in [-0.1, -0.05) is 0 Å². The van der Waals surface area contributed by atoms with Crippen LogP contribution in [0.3, 0.4) is 0 Å². The quantitative estimate of drug-likeness (QED) is 0.735. The minimum absolute atomic E-state index is 0.0630. The van der Waals surface area contributed by atoms with Crippen molar-refractivity contribution in [2.24, 2.45) is 0 Å². The summed E-state index contributed by atoms with van der Waals surface area (Å²) in [4.78, 5) is 35.6. The van der Waals surface area contributed by atoms with Crippen LogP contribution in [-0.2, 0) is 14.3 Å². The Balaban J connectivity index is 3.10. The third-order valence-corrected chi connectivity index (χ3v) is 2.95. The van der Waals surface area contributed by atoms with Crippen molar-refractivity contribution in [1.29, 1.82) is 0 Å². The average molecular weight is 273 g/mol. The molecule has 0 aromatic carbocycles. The second-order valence-electron chi connectivity index (χ2n) is 5.56. The fourth-order valence-electron chi connectivity index (χ4n) is 2.08. The highest BCUT2D eigenvalue weighted by atomic mass is 16.6. The minimum Gasteiger partial charge on any atom is -0.479 e. The zero-order valence-electron chi connectivity index (χ0n) is 11.3. The molecule has 7 heteroatoms. The molecule has 0 atom stereocenters. The number of aliphatic carboxylic acids is 2. The number of hydrogen-bond acceptors (Lipinski definition) is 4. The summed E-state index contributed by atoms with van der Waals surface area (Å²) in [6, 6.07) is 0. The van der Waals surface area contributed by atoms with Crippen LogP contribution >= 0.6 is 0 Å². The molecule has 1 rings (SSSR count). The van der Waals surface area contributed by atoms with E-state index < -0.39 is 29.2 Å². The Kier molecular flexibility index (Phi) is 4.07. The molecule has 7 nitrogen and oxygen atoms in total. The van der Waals surface area contributed by atoms with Crippen molar-refractivity contribution in [1.82, 2.24) is 4.90 Å². The third-order valence-electron chi connectivity index (χ3n) is 2.95. The molecule has 108 valence electrons. The second-order valence-corrected chi connectivity index (χ2v) is 5.56. The Morgan fingerprint density at radius 2 is 1.63 bits per heavy atom. The van der Waals surface area contributed by atoms with Gasteiger partial charge in [0.15, 0.2) is 0 Å². The maximum atomic E-state index is 12.0. The molecule has 1 fully saturated rings. The lowest BCUT2D eigenvalue weighted by Crippen LogP contribution is -2.64. The molecule has 0 radical (unpaired) electrons. The van der Waals surface area contributed by atoms with Crippen molar-refractivity contribution in [3.63, 3.8) is 0 Å². The Morgan fingerprint density at radius 3 is 2.05 bits per heavy atom. The van der Waals surface area contributed by atoms with E-state index in [9.17, 15) is 24.6 Å². The number of amides is 1. The molecule has 1 amide bonds. The van der Waals surface area contributed by atoms with Crippen molar-refractivity contribution in [3.8, 4) is 0 Å². The lowest BCUT2D eigenvalue weighted by Gasteiger charge is -2.40. The number of likely N-dealkylation sites (tertiary alicyclic amines) is 1. The first kappa shape index (κ1) is 15.3. The number of hydrogen-bond donors (Lipinski definition) is 2. The van der Waals surface area contributed by atoms with Crippen LogP contribution in [-0.4, -0.2) is 50.8 Å². The zero-order chi connectivity index (χ0) is 14.8. The van der Waals surface area contributed by atoms with E-state index in [2.05, 4.69) is 0 Å². The predicted octanol–water partition coefficient (Wildman–Crippen LogP) is 1.32. The van der Waals surface area contributed by atoms with E-state index in [0.717, 1.165) is 4.90 Å². The number of ether oxygens (including phenoxy) is 1. The minimum atomic E-state index is -2.22. The summed E-state index contributed by atoms with van der Waals surface area (Å²) in [5.41, 5.74) is -3.03. The first-order valence-electron chi connectivity index (χ1n) is 6.08. The van der Waals surface area contributed by atoms with Gasteiger partial charge < -0.3 is 14.9 Å². The standard InChI is InChI=1S/C12H19NO6/c1-11(2,3)19-10(18)13-7-5-4-6-12(13,8(14)15)9(16)17/h4-7H2,1-3H3,(H,14,15)(H,16,17). The van der Waals surface area contributed by atoms with Gasteiger partial charge in [-0.3, -0.25) is 4.90 Å². The number of carboxylic acid groups (broad SMARTS) is 2. The van der Waals surface area contributed by atoms with Crippen LogP contribution in [0, 0.1) is 0 Å². The molecule has 0 saturated carbocycles. The number of carboxylic acids is 2. The molecular weight excluding hydrogens is 254 g/mol. The Hall–Kier alpha value is -1.79.